The number of nitrogens with zero attached hydrogens (tertiary/aromatic N) is 1. The maximum absolute atomic E-state index is 12.8. The predicted molar refractivity (Wildman–Crippen MR) is 77.3 cm³/mol. The van der Waals surface area contributed by atoms with E-state index < -0.39 is 32.7 Å². The van der Waals surface area contributed by atoms with Gasteiger partial charge in [0, 0.05) is 25.7 Å². The number of anilines is 1. The number of amides is 1. The van der Waals surface area contributed by atoms with E-state index in [1.165, 1.54) is 13.0 Å². The van der Waals surface area contributed by atoms with Gasteiger partial charge in [0.1, 0.15) is 0 Å². The zero-order valence-corrected chi connectivity index (χ0v) is 13.3. The summed E-state index contributed by atoms with van der Waals surface area (Å²) in [6.07, 6.45) is -3.71. The fourth-order valence-corrected chi connectivity index (χ4v) is 2.40. The zero-order valence-electron chi connectivity index (χ0n) is 11.7. The van der Waals surface area contributed by atoms with Gasteiger partial charge < -0.3 is 4.90 Å². The van der Waals surface area contributed by atoms with Crippen LogP contribution in [0.4, 0.5) is 18.9 Å². The van der Waals surface area contributed by atoms with Gasteiger partial charge in [0.2, 0.25) is 15.9 Å². The smallest absolute Gasteiger partial charge is 0.311 e. The normalized spacial score (nSPS) is 12.3. The third kappa shape index (κ3) is 5.47. The van der Waals surface area contributed by atoms with Gasteiger partial charge in [-0.25, -0.2) is 13.1 Å². The highest BCUT2D eigenvalue weighted by Gasteiger charge is 2.34. The Morgan fingerprint density at radius 3 is 2.41 bits per heavy atom. The predicted octanol–water partition coefficient (Wildman–Crippen LogP) is 2.26. The molecule has 0 fully saturated rings. The van der Waals surface area contributed by atoms with E-state index in [1.54, 1.807) is 0 Å². The van der Waals surface area contributed by atoms with E-state index in [4.69, 9.17) is 11.6 Å². The van der Waals surface area contributed by atoms with Gasteiger partial charge in [0.05, 0.1) is 16.8 Å². The molecule has 0 spiro atoms. The van der Waals surface area contributed by atoms with Crippen LogP contribution in [0.3, 0.4) is 0 Å². The van der Waals surface area contributed by atoms with Crippen LogP contribution in [0.2, 0.25) is 5.02 Å². The average molecular weight is 359 g/mol. The lowest BCUT2D eigenvalue weighted by atomic mass is 10.1. The standard InChI is InChI=1S/C12H14ClF3N2O3S/c1-8(19)18(6-5-17-22(2,20)21)9-3-4-11(13)10(7-9)12(14,15)16/h3-4,7,17H,5-6H2,1-2H3. The minimum absolute atomic E-state index is 0.0143. The van der Waals surface area contributed by atoms with Crippen LogP contribution in [0.5, 0.6) is 0 Å². The summed E-state index contributed by atoms with van der Waals surface area (Å²) in [4.78, 5) is 12.6. The number of hydrogen-bond acceptors (Lipinski definition) is 3. The molecular formula is C12H14ClF3N2O3S. The third-order valence-corrected chi connectivity index (χ3v) is 3.70. The first-order valence-electron chi connectivity index (χ1n) is 6.01. The van der Waals surface area contributed by atoms with Crippen LogP contribution in [0, 0.1) is 0 Å². The van der Waals surface area contributed by atoms with Crippen molar-refractivity contribution in [2.45, 2.75) is 13.1 Å². The summed E-state index contributed by atoms with van der Waals surface area (Å²) >= 11 is 5.51. The molecule has 0 radical (unpaired) electrons. The molecule has 124 valence electrons. The van der Waals surface area contributed by atoms with Crippen molar-refractivity contribution in [1.29, 1.82) is 0 Å². The van der Waals surface area contributed by atoms with Crippen molar-refractivity contribution >= 4 is 33.2 Å². The monoisotopic (exact) mass is 358 g/mol. The Balaban J connectivity index is 3.05. The molecule has 5 nitrogen and oxygen atoms in total. The zero-order chi connectivity index (χ0) is 17.1. The highest BCUT2D eigenvalue weighted by molar-refractivity contribution is 7.88. The fraction of sp³-hybridized carbons (Fsp3) is 0.417. The Bertz CT molecular complexity index is 662. The molecule has 0 aliphatic carbocycles. The van der Waals surface area contributed by atoms with Crippen LogP contribution in [0.25, 0.3) is 0 Å². The second-order valence-electron chi connectivity index (χ2n) is 4.50. The van der Waals surface area contributed by atoms with Crippen molar-refractivity contribution in [3.63, 3.8) is 0 Å². The number of carbonyl (C=O) groups excluding carboxylic acids is 1. The maximum atomic E-state index is 12.8. The first-order valence-corrected chi connectivity index (χ1v) is 8.28. The van der Waals surface area contributed by atoms with Crippen molar-refractivity contribution in [2.75, 3.05) is 24.2 Å². The van der Waals surface area contributed by atoms with Gasteiger partial charge in [-0.15, -0.1) is 0 Å². The number of rotatable bonds is 5. The van der Waals surface area contributed by atoms with Crippen molar-refractivity contribution in [2.24, 2.45) is 0 Å². The first kappa shape index (κ1) is 18.7. The van der Waals surface area contributed by atoms with E-state index in [2.05, 4.69) is 4.72 Å². The summed E-state index contributed by atoms with van der Waals surface area (Å²) in [7, 11) is -3.45. The molecule has 0 saturated carbocycles. The SMILES string of the molecule is CC(=O)N(CCNS(C)(=O)=O)c1ccc(Cl)c(C(F)(F)F)c1. The molecule has 1 rings (SSSR count). The van der Waals surface area contributed by atoms with Crippen molar-refractivity contribution in [1.82, 2.24) is 4.72 Å². The van der Waals surface area contributed by atoms with Gasteiger partial charge in [-0.1, -0.05) is 11.6 Å². The summed E-state index contributed by atoms with van der Waals surface area (Å²) in [5.41, 5.74) is -1.08. The summed E-state index contributed by atoms with van der Waals surface area (Å²) in [6.45, 7) is 0.937. The van der Waals surface area contributed by atoms with Gasteiger partial charge >= 0.3 is 6.18 Å². The molecule has 0 bridgehead atoms. The number of carbonyl (C=O) groups is 1. The molecule has 0 heterocycles. The summed E-state index contributed by atoms with van der Waals surface area (Å²) in [5.74, 6) is -0.522. The lowest BCUT2D eigenvalue weighted by Crippen LogP contribution is -2.37. The van der Waals surface area contributed by atoms with Crippen LogP contribution in [0.1, 0.15) is 12.5 Å². The minimum Gasteiger partial charge on any atom is -0.311 e. The molecule has 10 heteroatoms. The van der Waals surface area contributed by atoms with Crippen LogP contribution in [-0.4, -0.2) is 33.7 Å². The van der Waals surface area contributed by atoms with Gasteiger partial charge in [0.25, 0.3) is 0 Å². The molecule has 0 aromatic heterocycles. The van der Waals surface area contributed by atoms with E-state index in [9.17, 15) is 26.4 Å². The Morgan fingerprint density at radius 2 is 1.95 bits per heavy atom. The van der Waals surface area contributed by atoms with Crippen LogP contribution >= 0.6 is 11.6 Å². The van der Waals surface area contributed by atoms with Crippen LogP contribution in [0.15, 0.2) is 18.2 Å². The van der Waals surface area contributed by atoms with E-state index in [0.717, 1.165) is 23.3 Å². The van der Waals surface area contributed by atoms with Gasteiger partial charge in [0.15, 0.2) is 0 Å². The van der Waals surface area contributed by atoms with Crippen LogP contribution in [-0.2, 0) is 21.0 Å². The van der Waals surface area contributed by atoms with Crippen molar-refractivity contribution in [3.8, 4) is 0 Å². The Kier molecular flexibility index (Phi) is 5.82. The van der Waals surface area contributed by atoms with E-state index in [-0.39, 0.29) is 18.8 Å². The molecule has 1 N–H and O–H groups in total. The molecule has 0 aliphatic rings. The van der Waals surface area contributed by atoms with E-state index in [0.29, 0.717) is 0 Å². The number of sulfonamides is 1. The summed E-state index contributed by atoms with van der Waals surface area (Å²) in [6, 6.07) is 3.06. The lowest BCUT2D eigenvalue weighted by Gasteiger charge is -2.22. The summed E-state index contributed by atoms with van der Waals surface area (Å²) < 4.78 is 62.6. The number of alkyl halides is 3. The highest BCUT2D eigenvalue weighted by atomic mass is 35.5. The third-order valence-electron chi connectivity index (χ3n) is 2.65. The Morgan fingerprint density at radius 1 is 1.36 bits per heavy atom. The lowest BCUT2D eigenvalue weighted by molar-refractivity contribution is -0.137. The Labute approximate surface area is 131 Å². The molecule has 0 saturated heterocycles. The van der Waals surface area contributed by atoms with Crippen molar-refractivity contribution in [3.05, 3.63) is 28.8 Å². The molecule has 0 aliphatic heterocycles. The molecule has 1 amide bonds. The second-order valence-corrected chi connectivity index (χ2v) is 6.74. The van der Waals surface area contributed by atoms with Gasteiger partial charge in [-0.3, -0.25) is 4.79 Å². The molecule has 0 atom stereocenters. The number of halogens is 4. The molecule has 1 aromatic rings. The molecule has 22 heavy (non-hydrogen) atoms. The van der Waals surface area contributed by atoms with Crippen LogP contribution < -0.4 is 9.62 Å². The van der Waals surface area contributed by atoms with Gasteiger partial charge in [-0.2, -0.15) is 13.2 Å². The Hall–Kier alpha value is -1.32. The van der Waals surface area contributed by atoms with Crippen molar-refractivity contribution < 1.29 is 26.4 Å². The number of nitrogens with one attached hydrogen (secondary N) is 1. The average Bonchev–Trinajstić information content (AvgIpc) is 2.32. The van der Waals surface area contributed by atoms with E-state index >= 15 is 0 Å². The second kappa shape index (κ2) is 6.84. The maximum Gasteiger partial charge on any atom is 0.417 e. The molecular weight excluding hydrogens is 345 g/mol. The minimum atomic E-state index is -4.65. The quantitative estimate of drug-likeness (QED) is 0.878. The number of hydrogen-bond donors (Lipinski definition) is 1. The highest BCUT2D eigenvalue weighted by Crippen LogP contribution is 2.36. The van der Waals surface area contributed by atoms with Gasteiger partial charge in [-0.05, 0) is 18.2 Å². The van der Waals surface area contributed by atoms with E-state index in [1.807, 2.05) is 0 Å². The summed E-state index contributed by atoms with van der Waals surface area (Å²) in [5, 5.41) is -0.478. The molecule has 0 unspecified atom stereocenters. The molecule has 1 aromatic carbocycles. The fourth-order valence-electron chi connectivity index (χ4n) is 1.71. The topological polar surface area (TPSA) is 66.5 Å². The largest absolute Gasteiger partial charge is 0.417 e. The first-order chi connectivity index (χ1) is 9.92. The number of benzene rings is 1.